The molecule has 0 aromatic carbocycles. The highest BCUT2D eigenvalue weighted by atomic mass is 35.5. The quantitative estimate of drug-likeness (QED) is 0.721. The first kappa shape index (κ1) is 13.8. The predicted molar refractivity (Wildman–Crippen MR) is 80.2 cm³/mol. The van der Waals surface area contributed by atoms with E-state index in [0.29, 0.717) is 12.2 Å². The number of hydrogen-bond donors (Lipinski definition) is 0. The van der Waals surface area contributed by atoms with E-state index in [-0.39, 0.29) is 11.0 Å². The van der Waals surface area contributed by atoms with Gasteiger partial charge >= 0.3 is 0 Å². The normalized spacial score (nSPS) is 43.6. The van der Waals surface area contributed by atoms with E-state index in [0.717, 1.165) is 31.2 Å². The number of alkyl halides is 1. The second-order valence-corrected chi connectivity index (χ2v) is 8.01. The zero-order chi connectivity index (χ0) is 13.6. The maximum absolute atomic E-state index is 6.53. The SMILES string of the molecule is ClCC1(CC2CCC3(CCCC3)O2)CCOC1C1CC1. The highest BCUT2D eigenvalue weighted by molar-refractivity contribution is 6.18. The van der Waals surface area contributed by atoms with Gasteiger partial charge < -0.3 is 9.47 Å². The molecule has 20 heavy (non-hydrogen) atoms. The molecule has 2 nitrogen and oxygen atoms in total. The second-order valence-electron chi connectivity index (χ2n) is 7.75. The van der Waals surface area contributed by atoms with E-state index in [1.165, 1.54) is 51.4 Å². The predicted octanol–water partition coefficient (Wildman–Crippen LogP) is 4.29. The lowest BCUT2D eigenvalue weighted by Crippen LogP contribution is -2.38. The van der Waals surface area contributed by atoms with Gasteiger partial charge in [-0.15, -0.1) is 11.6 Å². The lowest BCUT2D eigenvalue weighted by atomic mass is 9.76. The minimum absolute atomic E-state index is 0.206. The molecule has 3 heteroatoms. The minimum Gasteiger partial charge on any atom is -0.377 e. The molecular formula is C17H27ClO2. The Labute approximate surface area is 127 Å². The van der Waals surface area contributed by atoms with Gasteiger partial charge in [0, 0.05) is 17.9 Å². The van der Waals surface area contributed by atoms with Crippen LogP contribution in [0.25, 0.3) is 0 Å². The van der Waals surface area contributed by atoms with Crippen molar-refractivity contribution in [2.45, 2.75) is 82.0 Å². The van der Waals surface area contributed by atoms with E-state index in [2.05, 4.69) is 0 Å². The van der Waals surface area contributed by atoms with Crippen LogP contribution in [0.15, 0.2) is 0 Å². The van der Waals surface area contributed by atoms with E-state index in [9.17, 15) is 0 Å². The molecule has 1 spiro atoms. The summed E-state index contributed by atoms with van der Waals surface area (Å²) in [6.07, 6.45) is 13.7. The summed E-state index contributed by atoms with van der Waals surface area (Å²) in [5, 5.41) is 0. The second kappa shape index (κ2) is 5.14. The molecule has 0 aromatic rings. The summed E-state index contributed by atoms with van der Waals surface area (Å²) >= 11 is 6.43. The number of rotatable bonds is 4. The van der Waals surface area contributed by atoms with Crippen LogP contribution < -0.4 is 0 Å². The molecule has 0 N–H and O–H groups in total. The fourth-order valence-electron chi connectivity index (χ4n) is 5.04. The van der Waals surface area contributed by atoms with Crippen LogP contribution in [-0.4, -0.2) is 30.3 Å². The standard InChI is InChI=1S/C17H27ClO2/c18-12-16(9-10-19-15(16)13-3-4-13)11-14-5-8-17(20-14)6-1-2-7-17/h13-15H,1-12H2. The van der Waals surface area contributed by atoms with Crippen molar-refractivity contribution in [1.82, 2.24) is 0 Å². The van der Waals surface area contributed by atoms with E-state index in [4.69, 9.17) is 21.1 Å². The fourth-order valence-corrected chi connectivity index (χ4v) is 5.43. The molecule has 2 saturated carbocycles. The van der Waals surface area contributed by atoms with Crippen LogP contribution in [0.4, 0.5) is 0 Å². The average Bonchev–Trinajstić information content (AvgIpc) is 2.89. The third kappa shape index (κ3) is 2.32. The van der Waals surface area contributed by atoms with E-state index in [1.54, 1.807) is 0 Å². The van der Waals surface area contributed by atoms with Gasteiger partial charge in [0.25, 0.3) is 0 Å². The maximum atomic E-state index is 6.53. The first-order valence-electron chi connectivity index (χ1n) is 8.61. The Kier molecular flexibility index (Phi) is 3.56. The molecule has 2 heterocycles. The lowest BCUT2D eigenvalue weighted by Gasteiger charge is -2.35. The number of ether oxygens (including phenoxy) is 2. The molecule has 4 fully saturated rings. The Morgan fingerprint density at radius 3 is 2.50 bits per heavy atom. The first-order chi connectivity index (χ1) is 9.75. The van der Waals surface area contributed by atoms with E-state index >= 15 is 0 Å². The zero-order valence-corrected chi connectivity index (χ0v) is 13.2. The monoisotopic (exact) mass is 298 g/mol. The highest BCUT2D eigenvalue weighted by Gasteiger charge is 2.53. The van der Waals surface area contributed by atoms with Crippen molar-refractivity contribution in [2.75, 3.05) is 12.5 Å². The Balaban J connectivity index is 1.44. The molecule has 3 unspecified atom stereocenters. The van der Waals surface area contributed by atoms with Crippen LogP contribution in [0.3, 0.4) is 0 Å². The van der Waals surface area contributed by atoms with Gasteiger partial charge in [0.15, 0.2) is 0 Å². The molecule has 0 aromatic heterocycles. The summed E-state index contributed by atoms with van der Waals surface area (Å²) in [6, 6.07) is 0. The highest BCUT2D eigenvalue weighted by Crippen LogP contribution is 2.53. The topological polar surface area (TPSA) is 18.5 Å². The van der Waals surface area contributed by atoms with E-state index in [1.807, 2.05) is 0 Å². The summed E-state index contributed by atoms with van der Waals surface area (Å²) in [5.41, 5.74) is 0.463. The van der Waals surface area contributed by atoms with Crippen molar-refractivity contribution in [3.05, 3.63) is 0 Å². The van der Waals surface area contributed by atoms with Crippen molar-refractivity contribution in [3.8, 4) is 0 Å². The van der Waals surface area contributed by atoms with Crippen LogP contribution in [0.5, 0.6) is 0 Å². The molecule has 0 radical (unpaired) electrons. The lowest BCUT2D eigenvalue weighted by molar-refractivity contribution is -0.0623. The van der Waals surface area contributed by atoms with Gasteiger partial charge in [0.05, 0.1) is 17.8 Å². The van der Waals surface area contributed by atoms with Gasteiger partial charge in [0.2, 0.25) is 0 Å². The van der Waals surface area contributed by atoms with Gasteiger partial charge in [0.1, 0.15) is 0 Å². The van der Waals surface area contributed by atoms with E-state index < -0.39 is 0 Å². The summed E-state index contributed by atoms with van der Waals surface area (Å²) < 4.78 is 12.6. The molecule has 2 aliphatic heterocycles. The fraction of sp³-hybridized carbons (Fsp3) is 1.00. The summed E-state index contributed by atoms with van der Waals surface area (Å²) in [6.45, 7) is 0.908. The van der Waals surface area contributed by atoms with Gasteiger partial charge in [-0.3, -0.25) is 0 Å². The van der Waals surface area contributed by atoms with Crippen LogP contribution in [-0.2, 0) is 9.47 Å². The molecule has 0 bridgehead atoms. The average molecular weight is 299 g/mol. The largest absolute Gasteiger partial charge is 0.377 e. The Bertz CT molecular complexity index is 362. The van der Waals surface area contributed by atoms with Gasteiger partial charge in [-0.25, -0.2) is 0 Å². The molecule has 4 aliphatic rings. The van der Waals surface area contributed by atoms with Crippen molar-refractivity contribution in [2.24, 2.45) is 11.3 Å². The Morgan fingerprint density at radius 2 is 1.80 bits per heavy atom. The third-order valence-corrected chi connectivity index (χ3v) is 6.84. The zero-order valence-electron chi connectivity index (χ0n) is 12.4. The van der Waals surface area contributed by atoms with Crippen molar-refractivity contribution in [1.29, 1.82) is 0 Å². The molecule has 2 saturated heterocycles. The van der Waals surface area contributed by atoms with Crippen LogP contribution in [0.1, 0.15) is 64.2 Å². The van der Waals surface area contributed by atoms with Crippen molar-refractivity contribution >= 4 is 11.6 Å². The number of hydrogen-bond acceptors (Lipinski definition) is 2. The maximum Gasteiger partial charge on any atom is 0.0687 e. The smallest absolute Gasteiger partial charge is 0.0687 e. The third-order valence-electron chi connectivity index (χ3n) is 6.30. The van der Waals surface area contributed by atoms with Gasteiger partial charge in [-0.2, -0.15) is 0 Å². The first-order valence-corrected chi connectivity index (χ1v) is 9.14. The molecule has 2 aliphatic carbocycles. The van der Waals surface area contributed by atoms with Crippen molar-refractivity contribution < 1.29 is 9.47 Å². The minimum atomic E-state index is 0.206. The Hall–Kier alpha value is 0.210. The summed E-state index contributed by atoms with van der Waals surface area (Å²) in [4.78, 5) is 0. The molecule has 4 rings (SSSR count). The molecular weight excluding hydrogens is 272 g/mol. The van der Waals surface area contributed by atoms with Gasteiger partial charge in [-0.05, 0) is 57.3 Å². The van der Waals surface area contributed by atoms with Crippen LogP contribution in [0.2, 0.25) is 0 Å². The molecule has 114 valence electrons. The number of halogens is 1. The summed E-state index contributed by atoms with van der Waals surface area (Å²) in [7, 11) is 0. The van der Waals surface area contributed by atoms with Gasteiger partial charge in [-0.1, -0.05) is 12.8 Å². The van der Waals surface area contributed by atoms with Crippen LogP contribution >= 0.6 is 11.6 Å². The summed E-state index contributed by atoms with van der Waals surface area (Å²) in [5.74, 6) is 1.54. The molecule has 0 amide bonds. The van der Waals surface area contributed by atoms with Crippen molar-refractivity contribution in [3.63, 3.8) is 0 Å². The molecule has 3 atom stereocenters. The van der Waals surface area contributed by atoms with Crippen LogP contribution in [0, 0.1) is 11.3 Å². The Morgan fingerprint density at radius 1 is 1.00 bits per heavy atom.